The lowest BCUT2D eigenvalue weighted by atomic mass is 10.2. The molecule has 2 amide bonds. The zero-order valence-corrected chi connectivity index (χ0v) is 15.0. The van der Waals surface area contributed by atoms with E-state index >= 15 is 0 Å². The Bertz CT molecular complexity index is 861. The SMILES string of the molecule is CC(=O)N1CCN(c2ccc(C(=O)Nc3ccc4c(c3)OCO4)cn2)CC1. The molecule has 0 atom stereocenters. The minimum Gasteiger partial charge on any atom is -0.454 e. The molecule has 1 aromatic carbocycles. The Labute approximate surface area is 156 Å². The number of carbonyl (C=O) groups excluding carboxylic acids is 2. The van der Waals surface area contributed by atoms with Gasteiger partial charge in [0.2, 0.25) is 12.7 Å². The van der Waals surface area contributed by atoms with Crippen molar-refractivity contribution in [2.75, 3.05) is 43.2 Å². The first-order valence-corrected chi connectivity index (χ1v) is 8.78. The van der Waals surface area contributed by atoms with Crippen molar-refractivity contribution in [1.82, 2.24) is 9.88 Å². The molecule has 0 saturated carbocycles. The number of pyridine rings is 1. The van der Waals surface area contributed by atoms with Gasteiger partial charge in [-0.05, 0) is 24.3 Å². The van der Waals surface area contributed by atoms with Gasteiger partial charge in [-0.1, -0.05) is 0 Å². The number of nitrogens with zero attached hydrogens (tertiary/aromatic N) is 3. The van der Waals surface area contributed by atoms with Crippen molar-refractivity contribution in [2.45, 2.75) is 6.92 Å². The van der Waals surface area contributed by atoms with Crippen LogP contribution in [0.25, 0.3) is 0 Å². The van der Waals surface area contributed by atoms with E-state index in [0.717, 1.165) is 18.9 Å². The highest BCUT2D eigenvalue weighted by atomic mass is 16.7. The average molecular weight is 368 g/mol. The van der Waals surface area contributed by atoms with Gasteiger partial charge < -0.3 is 24.6 Å². The molecular weight excluding hydrogens is 348 g/mol. The van der Waals surface area contributed by atoms with Crippen molar-refractivity contribution >= 4 is 23.3 Å². The van der Waals surface area contributed by atoms with E-state index in [2.05, 4.69) is 15.2 Å². The molecule has 8 nitrogen and oxygen atoms in total. The predicted octanol–water partition coefficient (Wildman–Crippen LogP) is 1.73. The second-order valence-corrected chi connectivity index (χ2v) is 6.42. The Balaban J connectivity index is 1.38. The van der Waals surface area contributed by atoms with Crippen LogP contribution in [-0.2, 0) is 4.79 Å². The monoisotopic (exact) mass is 368 g/mol. The molecule has 1 aromatic heterocycles. The van der Waals surface area contributed by atoms with Gasteiger partial charge in [-0.3, -0.25) is 9.59 Å². The van der Waals surface area contributed by atoms with E-state index in [-0.39, 0.29) is 18.6 Å². The number of fused-ring (bicyclic) bond motifs is 1. The zero-order chi connectivity index (χ0) is 18.8. The number of rotatable bonds is 3. The minimum atomic E-state index is -0.241. The van der Waals surface area contributed by atoms with Crippen molar-refractivity contribution < 1.29 is 19.1 Å². The van der Waals surface area contributed by atoms with Crippen LogP contribution < -0.4 is 19.7 Å². The van der Waals surface area contributed by atoms with Gasteiger partial charge in [-0.2, -0.15) is 0 Å². The van der Waals surface area contributed by atoms with Crippen LogP contribution >= 0.6 is 0 Å². The first-order chi connectivity index (χ1) is 13.1. The first-order valence-electron chi connectivity index (χ1n) is 8.78. The number of carbonyl (C=O) groups is 2. The lowest BCUT2D eigenvalue weighted by Crippen LogP contribution is -2.48. The Morgan fingerprint density at radius 2 is 1.81 bits per heavy atom. The third-order valence-corrected chi connectivity index (χ3v) is 4.69. The summed E-state index contributed by atoms with van der Waals surface area (Å²) in [5.41, 5.74) is 1.10. The van der Waals surface area contributed by atoms with Crippen LogP contribution in [0.4, 0.5) is 11.5 Å². The number of amides is 2. The minimum absolute atomic E-state index is 0.0955. The number of ether oxygens (including phenoxy) is 2. The maximum absolute atomic E-state index is 12.4. The number of nitrogens with one attached hydrogen (secondary N) is 1. The average Bonchev–Trinajstić information content (AvgIpc) is 3.16. The number of aromatic nitrogens is 1. The predicted molar refractivity (Wildman–Crippen MR) is 99.2 cm³/mol. The maximum Gasteiger partial charge on any atom is 0.257 e. The summed E-state index contributed by atoms with van der Waals surface area (Å²) in [6, 6.07) is 8.85. The summed E-state index contributed by atoms with van der Waals surface area (Å²) >= 11 is 0. The highest BCUT2D eigenvalue weighted by Gasteiger charge is 2.20. The van der Waals surface area contributed by atoms with E-state index in [1.807, 2.05) is 11.0 Å². The van der Waals surface area contributed by atoms with E-state index in [9.17, 15) is 9.59 Å². The fourth-order valence-corrected chi connectivity index (χ4v) is 3.14. The molecule has 1 saturated heterocycles. The van der Waals surface area contributed by atoms with Gasteiger partial charge in [0.25, 0.3) is 5.91 Å². The molecule has 0 unspecified atom stereocenters. The second-order valence-electron chi connectivity index (χ2n) is 6.42. The fraction of sp³-hybridized carbons (Fsp3) is 0.316. The number of hydrogen-bond donors (Lipinski definition) is 1. The lowest BCUT2D eigenvalue weighted by Gasteiger charge is -2.34. The highest BCUT2D eigenvalue weighted by Crippen LogP contribution is 2.34. The number of benzene rings is 1. The Hall–Kier alpha value is -3.29. The van der Waals surface area contributed by atoms with Gasteiger partial charge in [-0.25, -0.2) is 4.98 Å². The Morgan fingerprint density at radius 3 is 2.52 bits per heavy atom. The third kappa shape index (κ3) is 3.64. The molecule has 3 heterocycles. The smallest absolute Gasteiger partial charge is 0.257 e. The Morgan fingerprint density at radius 1 is 1.04 bits per heavy atom. The topological polar surface area (TPSA) is 84.0 Å². The van der Waals surface area contributed by atoms with Crippen LogP contribution in [0.3, 0.4) is 0 Å². The van der Waals surface area contributed by atoms with Gasteiger partial charge in [0.1, 0.15) is 5.82 Å². The van der Waals surface area contributed by atoms with Crippen LogP contribution in [0.15, 0.2) is 36.5 Å². The molecule has 27 heavy (non-hydrogen) atoms. The zero-order valence-electron chi connectivity index (χ0n) is 15.0. The van der Waals surface area contributed by atoms with Crippen molar-refractivity contribution in [2.24, 2.45) is 0 Å². The van der Waals surface area contributed by atoms with Gasteiger partial charge in [0.05, 0.1) is 5.56 Å². The standard InChI is InChI=1S/C19H20N4O4/c1-13(24)22-6-8-23(9-7-22)18-5-2-14(11-20-18)19(25)21-15-3-4-16-17(10-15)27-12-26-16/h2-5,10-11H,6-9,12H2,1H3,(H,21,25). The van der Waals surface area contributed by atoms with E-state index in [0.29, 0.717) is 35.8 Å². The van der Waals surface area contributed by atoms with Gasteiger partial charge in [-0.15, -0.1) is 0 Å². The number of anilines is 2. The van der Waals surface area contributed by atoms with Crippen molar-refractivity contribution in [3.8, 4) is 11.5 Å². The quantitative estimate of drug-likeness (QED) is 0.888. The summed E-state index contributed by atoms with van der Waals surface area (Å²) in [6.07, 6.45) is 1.56. The molecular formula is C19H20N4O4. The van der Waals surface area contributed by atoms with Crippen molar-refractivity contribution in [3.05, 3.63) is 42.1 Å². The largest absolute Gasteiger partial charge is 0.454 e. The summed E-state index contributed by atoms with van der Waals surface area (Å²) in [6.45, 7) is 4.61. The molecule has 2 aliphatic heterocycles. The van der Waals surface area contributed by atoms with Gasteiger partial charge >= 0.3 is 0 Å². The molecule has 0 spiro atoms. The lowest BCUT2D eigenvalue weighted by molar-refractivity contribution is -0.129. The van der Waals surface area contributed by atoms with Crippen LogP contribution in [-0.4, -0.2) is 54.7 Å². The molecule has 140 valence electrons. The van der Waals surface area contributed by atoms with E-state index in [1.54, 1.807) is 37.4 Å². The van der Waals surface area contributed by atoms with Crippen LogP contribution in [0, 0.1) is 0 Å². The van der Waals surface area contributed by atoms with Crippen LogP contribution in [0.1, 0.15) is 17.3 Å². The molecule has 2 aromatic rings. The van der Waals surface area contributed by atoms with Crippen molar-refractivity contribution in [3.63, 3.8) is 0 Å². The molecule has 0 radical (unpaired) electrons. The van der Waals surface area contributed by atoms with Gasteiger partial charge in [0.15, 0.2) is 11.5 Å². The Kier molecular flexibility index (Phi) is 4.53. The first kappa shape index (κ1) is 17.1. The van der Waals surface area contributed by atoms with Crippen LogP contribution in [0.2, 0.25) is 0 Å². The maximum atomic E-state index is 12.4. The molecule has 2 aliphatic rings. The third-order valence-electron chi connectivity index (χ3n) is 4.69. The van der Waals surface area contributed by atoms with Crippen LogP contribution in [0.5, 0.6) is 11.5 Å². The number of hydrogen-bond acceptors (Lipinski definition) is 6. The molecule has 0 aliphatic carbocycles. The normalized spacial score (nSPS) is 15.6. The second kappa shape index (κ2) is 7.14. The van der Waals surface area contributed by atoms with Gasteiger partial charge in [0, 0.05) is 51.1 Å². The molecule has 8 heteroatoms. The summed E-state index contributed by atoms with van der Waals surface area (Å²) in [5.74, 6) is 1.94. The highest BCUT2D eigenvalue weighted by molar-refractivity contribution is 6.04. The summed E-state index contributed by atoms with van der Waals surface area (Å²) in [7, 11) is 0. The van der Waals surface area contributed by atoms with E-state index in [4.69, 9.17) is 9.47 Å². The molecule has 4 rings (SSSR count). The molecule has 1 N–H and O–H groups in total. The van der Waals surface area contributed by atoms with E-state index < -0.39 is 0 Å². The summed E-state index contributed by atoms with van der Waals surface area (Å²) in [5, 5.41) is 2.83. The summed E-state index contributed by atoms with van der Waals surface area (Å²) < 4.78 is 10.6. The van der Waals surface area contributed by atoms with E-state index in [1.165, 1.54) is 0 Å². The summed E-state index contributed by atoms with van der Waals surface area (Å²) in [4.78, 5) is 32.2. The molecule has 1 fully saturated rings. The fourth-order valence-electron chi connectivity index (χ4n) is 3.14. The number of piperazine rings is 1. The molecule has 0 bridgehead atoms. The van der Waals surface area contributed by atoms with Crippen molar-refractivity contribution in [1.29, 1.82) is 0 Å².